The molecule has 0 fully saturated rings. The lowest BCUT2D eigenvalue weighted by Crippen LogP contribution is -1.97. The van der Waals surface area contributed by atoms with Crippen molar-refractivity contribution >= 4 is 11.8 Å². The number of thioether (sulfide) groups is 1. The normalized spacial score (nSPS) is 10.5. The molecule has 0 aliphatic rings. The second-order valence-electron chi connectivity index (χ2n) is 3.59. The Morgan fingerprint density at radius 1 is 1.26 bits per heavy atom. The van der Waals surface area contributed by atoms with Gasteiger partial charge in [0.1, 0.15) is 11.5 Å². The first-order valence-corrected chi connectivity index (χ1v) is 6.79. The zero-order valence-corrected chi connectivity index (χ0v) is 11.8. The van der Waals surface area contributed by atoms with Crippen LogP contribution in [0, 0.1) is 0 Å². The standard InChI is InChI=1S/C12H15N3O3S/c1-16-7-4-5-8(17-2)11(19-3)10(7)12-14-9(6-13)18-15-12/h4-5H,6,13H2,1-3H3. The molecule has 0 bridgehead atoms. The summed E-state index contributed by atoms with van der Waals surface area (Å²) in [5, 5.41) is 3.93. The molecule has 19 heavy (non-hydrogen) atoms. The summed E-state index contributed by atoms with van der Waals surface area (Å²) in [5.41, 5.74) is 6.23. The third-order valence-electron chi connectivity index (χ3n) is 2.59. The number of methoxy groups -OCH3 is 2. The lowest BCUT2D eigenvalue weighted by molar-refractivity contribution is 0.378. The SMILES string of the molecule is COc1ccc(OC)c(-c2noc(CN)n2)c1SC. The maximum Gasteiger partial charge on any atom is 0.240 e. The van der Waals surface area contributed by atoms with Crippen molar-refractivity contribution in [1.29, 1.82) is 0 Å². The first-order valence-electron chi connectivity index (χ1n) is 5.57. The molecular weight excluding hydrogens is 266 g/mol. The van der Waals surface area contributed by atoms with Crippen LogP contribution in [0.25, 0.3) is 11.4 Å². The summed E-state index contributed by atoms with van der Waals surface area (Å²) in [6, 6.07) is 3.66. The zero-order chi connectivity index (χ0) is 13.8. The largest absolute Gasteiger partial charge is 0.496 e. The molecule has 102 valence electrons. The van der Waals surface area contributed by atoms with Crippen molar-refractivity contribution < 1.29 is 14.0 Å². The lowest BCUT2D eigenvalue weighted by atomic mass is 10.1. The van der Waals surface area contributed by atoms with Gasteiger partial charge in [0.15, 0.2) is 0 Å². The van der Waals surface area contributed by atoms with E-state index in [1.54, 1.807) is 14.2 Å². The highest BCUT2D eigenvalue weighted by atomic mass is 32.2. The van der Waals surface area contributed by atoms with Crippen LogP contribution in [0.4, 0.5) is 0 Å². The average Bonchev–Trinajstić information content (AvgIpc) is 2.93. The third-order valence-corrected chi connectivity index (χ3v) is 3.41. The Morgan fingerprint density at radius 3 is 2.47 bits per heavy atom. The van der Waals surface area contributed by atoms with Crippen LogP contribution in [-0.4, -0.2) is 30.6 Å². The molecule has 1 aromatic heterocycles. The number of nitrogens with two attached hydrogens (primary N) is 1. The van der Waals surface area contributed by atoms with Gasteiger partial charge in [-0.1, -0.05) is 5.16 Å². The van der Waals surface area contributed by atoms with E-state index in [0.29, 0.717) is 17.5 Å². The van der Waals surface area contributed by atoms with Crippen molar-refractivity contribution in [2.45, 2.75) is 11.4 Å². The zero-order valence-electron chi connectivity index (χ0n) is 11.0. The minimum atomic E-state index is 0.202. The monoisotopic (exact) mass is 281 g/mol. The number of ether oxygens (including phenoxy) is 2. The van der Waals surface area contributed by atoms with Crippen molar-refractivity contribution in [1.82, 2.24) is 10.1 Å². The van der Waals surface area contributed by atoms with Crippen LogP contribution in [0.5, 0.6) is 11.5 Å². The van der Waals surface area contributed by atoms with E-state index in [1.807, 2.05) is 18.4 Å². The maximum absolute atomic E-state index is 5.48. The van der Waals surface area contributed by atoms with Gasteiger partial charge in [-0.15, -0.1) is 11.8 Å². The van der Waals surface area contributed by atoms with Crippen LogP contribution in [0.1, 0.15) is 5.89 Å². The fourth-order valence-electron chi connectivity index (χ4n) is 1.73. The van der Waals surface area contributed by atoms with E-state index in [-0.39, 0.29) is 6.54 Å². The fraction of sp³-hybridized carbons (Fsp3) is 0.333. The number of rotatable bonds is 5. The van der Waals surface area contributed by atoms with Crippen LogP contribution in [0.15, 0.2) is 21.6 Å². The van der Waals surface area contributed by atoms with E-state index in [2.05, 4.69) is 10.1 Å². The van der Waals surface area contributed by atoms with Crippen LogP contribution in [-0.2, 0) is 6.54 Å². The summed E-state index contributed by atoms with van der Waals surface area (Å²) >= 11 is 1.53. The Kier molecular flexibility index (Phi) is 4.28. The minimum absolute atomic E-state index is 0.202. The van der Waals surface area contributed by atoms with Gasteiger partial charge in [0.05, 0.1) is 31.2 Å². The Hall–Kier alpha value is -1.73. The molecule has 0 unspecified atom stereocenters. The molecule has 0 aliphatic heterocycles. The van der Waals surface area contributed by atoms with Crippen molar-refractivity contribution in [3.63, 3.8) is 0 Å². The van der Waals surface area contributed by atoms with Crippen molar-refractivity contribution in [3.8, 4) is 22.9 Å². The van der Waals surface area contributed by atoms with E-state index >= 15 is 0 Å². The summed E-state index contributed by atoms with van der Waals surface area (Å²) < 4.78 is 15.8. The summed E-state index contributed by atoms with van der Waals surface area (Å²) in [6.45, 7) is 0.202. The Labute approximate surface area is 115 Å². The minimum Gasteiger partial charge on any atom is -0.496 e. The lowest BCUT2D eigenvalue weighted by Gasteiger charge is -2.13. The summed E-state index contributed by atoms with van der Waals surface area (Å²) in [7, 11) is 3.21. The van der Waals surface area contributed by atoms with E-state index in [9.17, 15) is 0 Å². The number of benzene rings is 1. The Balaban J connectivity index is 2.64. The Bertz CT molecular complexity index is 571. The van der Waals surface area contributed by atoms with Crippen molar-refractivity contribution in [2.75, 3.05) is 20.5 Å². The van der Waals surface area contributed by atoms with Gasteiger partial charge in [-0.2, -0.15) is 4.98 Å². The fourth-order valence-corrected chi connectivity index (χ4v) is 2.48. The van der Waals surface area contributed by atoms with E-state index in [0.717, 1.165) is 16.2 Å². The molecule has 0 radical (unpaired) electrons. The van der Waals surface area contributed by atoms with Gasteiger partial charge in [0.25, 0.3) is 0 Å². The summed E-state index contributed by atoms with van der Waals surface area (Å²) in [5.74, 6) is 2.23. The van der Waals surface area contributed by atoms with Gasteiger partial charge in [-0.05, 0) is 18.4 Å². The molecule has 2 aromatic rings. The third kappa shape index (κ3) is 2.52. The highest BCUT2D eigenvalue weighted by molar-refractivity contribution is 7.98. The van der Waals surface area contributed by atoms with Gasteiger partial charge < -0.3 is 19.7 Å². The molecule has 0 amide bonds. The van der Waals surface area contributed by atoms with Crippen LogP contribution < -0.4 is 15.2 Å². The second-order valence-corrected chi connectivity index (χ2v) is 4.41. The molecule has 0 saturated carbocycles. The molecular formula is C12H15N3O3S. The highest BCUT2D eigenvalue weighted by Crippen LogP contribution is 2.42. The van der Waals surface area contributed by atoms with Gasteiger partial charge in [0, 0.05) is 0 Å². The van der Waals surface area contributed by atoms with Crippen LogP contribution in [0.3, 0.4) is 0 Å². The van der Waals surface area contributed by atoms with Gasteiger partial charge in [-0.3, -0.25) is 0 Å². The van der Waals surface area contributed by atoms with Crippen LogP contribution in [0.2, 0.25) is 0 Å². The highest BCUT2D eigenvalue weighted by Gasteiger charge is 2.20. The first-order chi connectivity index (χ1) is 9.24. The topological polar surface area (TPSA) is 83.4 Å². The molecule has 0 saturated heterocycles. The number of hydrogen-bond acceptors (Lipinski definition) is 7. The molecule has 0 atom stereocenters. The smallest absolute Gasteiger partial charge is 0.240 e. The predicted molar refractivity (Wildman–Crippen MR) is 72.5 cm³/mol. The van der Waals surface area contributed by atoms with Crippen molar-refractivity contribution in [2.24, 2.45) is 5.73 Å². The van der Waals surface area contributed by atoms with Crippen molar-refractivity contribution in [3.05, 3.63) is 18.0 Å². The quantitative estimate of drug-likeness (QED) is 0.838. The number of nitrogens with zero attached hydrogens (tertiary/aromatic N) is 2. The van der Waals surface area contributed by atoms with E-state index < -0.39 is 0 Å². The first kappa shape index (κ1) is 13.7. The molecule has 1 heterocycles. The molecule has 7 heteroatoms. The van der Waals surface area contributed by atoms with E-state index in [1.165, 1.54) is 11.8 Å². The second kappa shape index (κ2) is 5.94. The molecule has 2 rings (SSSR count). The number of hydrogen-bond donors (Lipinski definition) is 1. The average molecular weight is 281 g/mol. The molecule has 1 aromatic carbocycles. The predicted octanol–water partition coefficient (Wildman–Crippen LogP) is 1.93. The molecule has 6 nitrogen and oxygen atoms in total. The van der Waals surface area contributed by atoms with Gasteiger partial charge in [-0.25, -0.2) is 0 Å². The number of aromatic nitrogens is 2. The Morgan fingerprint density at radius 2 is 1.95 bits per heavy atom. The van der Waals surface area contributed by atoms with E-state index in [4.69, 9.17) is 19.7 Å². The summed E-state index contributed by atoms with van der Waals surface area (Å²) in [6.07, 6.45) is 1.95. The molecule has 2 N–H and O–H groups in total. The maximum atomic E-state index is 5.48. The van der Waals surface area contributed by atoms with Gasteiger partial charge >= 0.3 is 0 Å². The van der Waals surface area contributed by atoms with Crippen LogP contribution >= 0.6 is 11.8 Å². The summed E-state index contributed by atoms with van der Waals surface area (Å²) in [4.78, 5) is 5.13. The molecule has 0 spiro atoms. The van der Waals surface area contributed by atoms with Gasteiger partial charge in [0.2, 0.25) is 11.7 Å². The molecule has 0 aliphatic carbocycles.